The Bertz CT molecular complexity index is 987. The molecule has 1 aromatic carbocycles. The summed E-state index contributed by atoms with van der Waals surface area (Å²) in [5.41, 5.74) is 1.36. The van der Waals surface area contributed by atoms with E-state index in [1.54, 1.807) is 46.9 Å². The van der Waals surface area contributed by atoms with E-state index in [1.165, 1.54) is 0 Å². The lowest BCUT2D eigenvalue weighted by molar-refractivity contribution is 0.0952. The first-order valence-corrected chi connectivity index (χ1v) is 11.1. The summed E-state index contributed by atoms with van der Waals surface area (Å²) in [5, 5.41) is 12.4. The lowest BCUT2D eigenvalue weighted by Crippen LogP contribution is -2.27. The van der Waals surface area contributed by atoms with Crippen molar-refractivity contribution in [2.24, 2.45) is 0 Å². The Kier molecular flexibility index (Phi) is 7.51. The van der Waals surface area contributed by atoms with Crippen LogP contribution in [0.2, 0.25) is 0 Å². The van der Waals surface area contributed by atoms with Crippen LogP contribution in [0.5, 0.6) is 5.75 Å². The minimum absolute atomic E-state index is 0.131. The van der Waals surface area contributed by atoms with Crippen LogP contribution in [0.1, 0.15) is 38.1 Å². The van der Waals surface area contributed by atoms with Gasteiger partial charge in [0.05, 0.1) is 24.7 Å². The zero-order chi connectivity index (χ0) is 21.5. The molecule has 0 unspecified atom stereocenters. The standard InChI is InChI=1S/C21H28N6O2S/c1-5-29-16-9-7-15(8-10-16)20(28)22-11-12-27-19-17(13-23-27)18(24-14(3)4)25-21(26-19)30-6-2/h7-10,13-14H,5-6,11-12H2,1-4H3,(H,22,28)(H,24,25,26). The number of ether oxygens (including phenoxy) is 1. The SMILES string of the molecule is CCOc1ccc(C(=O)NCCn2ncc3c(NC(C)C)nc(SCC)nc32)cc1. The first-order valence-electron chi connectivity index (χ1n) is 10.2. The Morgan fingerprint density at radius 2 is 1.97 bits per heavy atom. The van der Waals surface area contributed by atoms with Gasteiger partial charge in [0.25, 0.3) is 5.91 Å². The number of rotatable bonds is 10. The number of hydrogen-bond donors (Lipinski definition) is 2. The second-order valence-electron chi connectivity index (χ2n) is 6.91. The molecule has 3 rings (SSSR count). The first-order chi connectivity index (χ1) is 14.5. The molecule has 2 aromatic heterocycles. The largest absolute Gasteiger partial charge is 0.494 e. The summed E-state index contributed by atoms with van der Waals surface area (Å²) in [6.45, 7) is 9.69. The quantitative estimate of drug-likeness (QED) is 0.376. The van der Waals surface area contributed by atoms with Gasteiger partial charge in [-0.05, 0) is 50.8 Å². The van der Waals surface area contributed by atoms with Crippen molar-refractivity contribution in [3.63, 3.8) is 0 Å². The van der Waals surface area contributed by atoms with Crippen LogP contribution in [0.3, 0.4) is 0 Å². The Hall–Kier alpha value is -2.81. The van der Waals surface area contributed by atoms with E-state index in [0.29, 0.717) is 30.4 Å². The van der Waals surface area contributed by atoms with Gasteiger partial charge >= 0.3 is 0 Å². The fourth-order valence-corrected chi connectivity index (χ4v) is 3.49. The van der Waals surface area contributed by atoms with Gasteiger partial charge in [0.2, 0.25) is 0 Å². The van der Waals surface area contributed by atoms with Gasteiger partial charge in [-0.3, -0.25) is 4.79 Å². The monoisotopic (exact) mass is 428 g/mol. The third-order valence-electron chi connectivity index (χ3n) is 4.21. The van der Waals surface area contributed by atoms with Crippen molar-refractivity contribution < 1.29 is 9.53 Å². The number of hydrogen-bond acceptors (Lipinski definition) is 7. The predicted octanol–water partition coefficient (Wildman–Crippen LogP) is 3.59. The molecular weight excluding hydrogens is 400 g/mol. The van der Waals surface area contributed by atoms with Gasteiger partial charge < -0.3 is 15.4 Å². The van der Waals surface area contributed by atoms with E-state index in [9.17, 15) is 4.79 Å². The lowest BCUT2D eigenvalue weighted by atomic mass is 10.2. The number of fused-ring (bicyclic) bond motifs is 1. The summed E-state index contributed by atoms with van der Waals surface area (Å²) in [4.78, 5) is 21.7. The highest BCUT2D eigenvalue weighted by Gasteiger charge is 2.14. The molecule has 0 saturated heterocycles. The highest BCUT2D eigenvalue weighted by atomic mass is 32.2. The number of carbonyl (C=O) groups excluding carboxylic acids is 1. The van der Waals surface area contributed by atoms with Gasteiger partial charge in [-0.15, -0.1) is 0 Å². The maximum Gasteiger partial charge on any atom is 0.251 e. The third-order valence-corrected chi connectivity index (χ3v) is 4.94. The molecule has 8 nitrogen and oxygen atoms in total. The molecular formula is C21H28N6O2S. The molecule has 0 aliphatic heterocycles. The van der Waals surface area contributed by atoms with Crippen LogP contribution in [-0.2, 0) is 6.54 Å². The number of thioether (sulfide) groups is 1. The highest BCUT2D eigenvalue weighted by Crippen LogP contribution is 2.24. The number of nitrogens with one attached hydrogen (secondary N) is 2. The number of benzene rings is 1. The summed E-state index contributed by atoms with van der Waals surface area (Å²) in [5.74, 6) is 2.30. The molecule has 2 heterocycles. The molecule has 0 atom stereocenters. The molecule has 3 aromatic rings. The topological polar surface area (TPSA) is 94.0 Å². The van der Waals surface area contributed by atoms with Crippen LogP contribution in [0.25, 0.3) is 11.0 Å². The van der Waals surface area contributed by atoms with Crippen LogP contribution >= 0.6 is 11.8 Å². The van der Waals surface area contributed by atoms with E-state index in [4.69, 9.17) is 4.74 Å². The smallest absolute Gasteiger partial charge is 0.251 e. The molecule has 0 aliphatic carbocycles. The number of anilines is 1. The highest BCUT2D eigenvalue weighted by molar-refractivity contribution is 7.99. The van der Waals surface area contributed by atoms with Crippen LogP contribution in [0.15, 0.2) is 35.6 Å². The number of aromatic nitrogens is 4. The molecule has 0 radical (unpaired) electrons. The minimum atomic E-state index is -0.131. The van der Waals surface area contributed by atoms with Crippen molar-refractivity contribution >= 4 is 34.5 Å². The molecule has 2 N–H and O–H groups in total. The number of amides is 1. The van der Waals surface area contributed by atoms with Crippen LogP contribution in [0.4, 0.5) is 5.82 Å². The molecule has 1 amide bonds. The second-order valence-corrected chi connectivity index (χ2v) is 8.14. The van der Waals surface area contributed by atoms with Gasteiger partial charge in [0, 0.05) is 18.2 Å². The maximum atomic E-state index is 12.4. The van der Waals surface area contributed by atoms with Crippen molar-refractivity contribution in [1.29, 1.82) is 0 Å². The molecule has 0 spiro atoms. The van der Waals surface area contributed by atoms with Gasteiger partial charge in [0.15, 0.2) is 10.8 Å². The molecule has 0 bridgehead atoms. The summed E-state index contributed by atoms with van der Waals surface area (Å²) >= 11 is 1.59. The zero-order valence-corrected chi connectivity index (χ0v) is 18.6. The van der Waals surface area contributed by atoms with Crippen molar-refractivity contribution in [3.8, 4) is 5.75 Å². The van der Waals surface area contributed by atoms with Gasteiger partial charge in [-0.2, -0.15) is 5.10 Å². The molecule has 0 fully saturated rings. The summed E-state index contributed by atoms with van der Waals surface area (Å²) in [6, 6.07) is 7.36. The summed E-state index contributed by atoms with van der Waals surface area (Å²) in [7, 11) is 0. The average molecular weight is 429 g/mol. The second kappa shape index (κ2) is 10.3. The van der Waals surface area contributed by atoms with Gasteiger partial charge in [0.1, 0.15) is 11.6 Å². The molecule has 9 heteroatoms. The Morgan fingerprint density at radius 3 is 2.63 bits per heavy atom. The fraction of sp³-hybridized carbons (Fsp3) is 0.429. The Balaban J connectivity index is 1.69. The average Bonchev–Trinajstić information content (AvgIpc) is 3.12. The van der Waals surface area contributed by atoms with E-state index >= 15 is 0 Å². The Morgan fingerprint density at radius 1 is 1.20 bits per heavy atom. The summed E-state index contributed by atoms with van der Waals surface area (Å²) < 4.78 is 7.22. The van der Waals surface area contributed by atoms with Crippen molar-refractivity contribution in [2.75, 3.05) is 24.2 Å². The molecule has 0 saturated carbocycles. The van der Waals surface area contributed by atoms with Crippen LogP contribution < -0.4 is 15.4 Å². The normalized spacial score (nSPS) is 11.1. The van der Waals surface area contributed by atoms with Crippen LogP contribution in [-0.4, -0.2) is 50.6 Å². The fourth-order valence-electron chi connectivity index (χ4n) is 2.92. The summed E-state index contributed by atoms with van der Waals surface area (Å²) in [6.07, 6.45) is 1.77. The van der Waals surface area contributed by atoms with Crippen molar-refractivity contribution in [2.45, 2.75) is 45.4 Å². The number of nitrogens with zero attached hydrogens (tertiary/aromatic N) is 4. The molecule has 0 aliphatic rings. The van der Waals surface area contributed by atoms with E-state index in [0.717, 1.165) is 28.4 Å². The van der Waals surface area contributed by atoms with E-state index in [-0.39, 0.29) is 11.9 Å². The lowest BCUT2D eigenvalue weighted by Gasteiger charge is -2.12. The minimum Gasteiger partial charge on any atom is -0.494 e. The number of carbonyl (C=O) groups is 1. The molecule has 30 heavy (non-hydrogen) atoms. The Labute approximate surface area is 180 Å². The van der Waals surface area contributed by atoms with Crippen molar-refractivity contribution in [3.05, 3.63) is 36.0 Å². The van der Waals surface area contributed by atoms with Crippen LogP contribution in [0, 0.1) is 0 Å². The van der Waals surface area contributed by atoms with E-state index < -0.39 is 0 Å². The maximum absolute atomic E-state index is 12.4. The third kappa shape index (κ3) is 5.41. The van der Waals surface area contributed by atoms with E-state index in [2.05, 4.69) is 46.5 Å². The first kappa shape index (κ1) is 21.9. The van der Waals surface area contributed by atoms with Crippen molar-refractivity contribution in [1.82, 2.24) is 25.1 Å². The molecule has 160 valence electrons. The van der Waals surface area contributed by atoms with E-state index in [1.807, 2.05) is 6.92 Å². The zero-order valence-electron chi connectivity index (χ0n) is 17.8. The van der Waals surface area contributed by atoms with Gasteiger partial charge in [-0.25, -0.2) is 14.6 Å². The van der Waals surface area contributed by atoms with Gasteiger partial charge in [-0.1, -0.05) is 18.7 Å². The predicted molar refractivity (Wildman–Crippen MR) is 120 cm³/mol.